The Morgan fingerprint density at radius 1 is 0.435 bits per heavy atom. The number of imide groups is 2. The van der Waals surface area contributed by atoms with E-state index in [-0.39, 0.29) is 216 Å². The van der Waals surface area contributed by atoms with E-state index < -0.39 is 137 Å². The lowest BCUT2D eigenvalue weighted by molar-refractivity contribution is -0.173. The van der Waals surface area contributed by atoms with Crippen LogP contribution in [0.1, 0.15) is 234 Å². The summed E-state index contributed by atoms with van der Waals surface area (Å²) in [6.45, 7) is 26.4. The number of hydrogen-bond donors (Lipinski definition) is 1. The molecule has 2 fully saturated rings. The molecule has 4 amide bonds. The second-order valence-corrected chi connectivity index (χ2v) is 35.0. The van der Waals surface area contributed by atoms with Crippen LogP contribution in [0, 0.1) is 77.3 Å². The summed E-state index contributed by atoms with van der Waals surface area (Å²) in [5, 5.41) is 9.18. The number of aliphatic hydroxyl groups excluding tert-OH is 1. The van der Waals surface area contributed by atoms with Gasteiger partial charge in [-0.2, -0.15) is 4.31 Å². The van der Waals surface area contributed by atoms with Gasteiger partial charge in [0, 0.05) is 42.2 Å². The molecule has 4 aromatic rings. The van der Waals surface area contributed by atoms with Crippen LogP contribution in [0.3, 0.4) is 0 Å². The lowest BCUT2D eigenvalue weighted by Crippen LogP contribution is -2.43. The molecule has 33 nitrogen and oxygen atoms in total. The number of halogens is 1. The zero-order valence-corrected chi connectivity index (χ0v) is 76.8. The number of nitrogens with zero attached hydrogens (tertiary/aromatic N) is 2. The predicted octanol–water partition coefficient (Wildman–Crippen LogP) is 9.35. The van der Waals surface area contributed by atoms with E-state index in [2.05, 4.69) is 0 Å². The monoisotopic (exact) mass is 1840 g/mol. The van der Waals surface area contributed by atoms with E-state index in [1.807, 2.05) is 38.2 Å². The van der Waals surface area contributed by atoms with Crippen molar-refractivity contribution >= 4 is 116 Å². The van der Waals surface area contributed by atoms with Gasteiger partial charge in [0.05, 0.1) is 119 Å². The molecule has 4 aromatic carbocycles. The van der Waals surface area contributed by atoms with Crippen molar-refractivity contribution in [1.82, 2.24) is 9.21 Å². The van der Waals surface area contributed by atoms with Crippen molar-refractivity contribution in [2.75, 3.05) is 79.2 Å². The van der Waals surface area contributed by atoms with E-state index in [1.54, 1.807) is 101 Å². The minimum Gasteiger partial charge on any atom is -0.465 e. The fourth-order valence-electron chi connectivity index (χ4n) is 19.5. The van der Waals surface area contributed by atoms with E-state index >= 15 is 0 Å². The van der Waals surface area contributed by atoms with Crippen molar-refractivity contribution in [3.05, 3.63) is 167 Å². The number of ketones is 4. The number of aliphatic hydroxyl groups is 1. The van der Waals surface area contributed by atoms with Crippen LogP contribution in [-0.2, 0) is 153 Å². The van der Waals surface area contributed by atoms with Crippen LogP contribution >= 0.6 is 0 Å². The fourth-order valence-corrected chi connectivity index (χ4v) is 20.8. The summed E-state index contributed by atoms with van der Waals surface area (Å²) in [5.74, 6) is -11.9. The van der Waals surface area contributed by atoms with Crippen LogP contribution in [0.15, 0.2) is 82.8 Å². The SMILES string of the molecule is C/C=C/C1=CCC(C(=O)OCC)(C(=O)OCC)C1.CCOC(=O)C1(C(=O)OCC)CC2=CC(C)C3C(=O)CC(=O)C3C2C1.CCOC(=O)C1(C(=O)OCC)Cc2cc(C)c3c(c2C1)C(=O)CC3=O.CCOC(=O)C1(C(=O)OCC)Cc2cc(C)c3c(c2C1)C(=O)N(CCO)C3=O.CCOC(=O)C1(C(=O)OCC)Cc2cc(C)c3c(c2C1)C(=O)N(S(=O)(=O)c1ccc(F)cc1)C3=O. The van der Waals surface area contributed by atoms with Gasteiger partial charge in [-0.05, 0) is 228 Å². The van der Waals surface area contributed by atoms with E-state index in [4.69, 9.17) is 47.4 Å². The van der Waals surface area contributed by atoms with Gasteiger partial charge < -0.3 is 52.5 Å². The van der Waals surface area contributed by atoms with Gasteiger partial charge in [0.15, 0.2) is 38.6 Å². The second-order valence-electron chi connectivity index (χ2n) is 33.2. The van der Waals surface area contributed by atoms with Crippen molar-refractivity contribution in [3.63, 3.8) is 0 Å². The van der Waals surface area contributed by atoms with Gasteiger partial charge in [-0.25, -0.2) is 12.8 Å². The molecule has 14 rings (SSSR count). The predicted molar refractivity (Wildman–Crippen MR) is 458 cm³/mol. The molecular weight excluding hydrogens is 1730 g/mol. The summed E-state index contributed by atoms with van der Waals surface area (Å²) < 4.78 is 91.1. The molecule has 8 aliphatic carbocycles. The van der Waals surface area contributed by atoms with Crippen LogP contribution in [-0.4, -0.2) is 208 Å². The molecule has 0 bridgehead atoms. The van der Waals surface area contributed by atoms with Gasteiger partial charge >= 0.3 is 59.7 Å². The first-order valence-electron chi connectivity index (χ1n) is 43.8. The molecule has 2 saturated carbocycles. The number of β-amino-alcohol motifs (C(OH)–C–C–N with tert-alkyl or cyclic N) is 1. The van der Waals surface area contributed by atoms with Crippen molar-refractivity contribution in [2.24, 2.45) is 50.7 Å². The van der Waals surface area contributed by atoms with E-state index in [0.29, 0.717) is 62.9 Å². The van der Waals surface area contributed by atoms with Crippen LogP contribution < -0.4 is 0 Å². The summed E-state index contributed by atoms with van der Waals surface area (Å²) in [6.07, 6.45) is 8.30. The molecular formula is C96H109FN2O31S. The minimum absolute atomic E-state index is 0.00851. The molecule has 2 aliphatic heterocycles. The zero-order valence-electron chi connectivity index (χ0n) is 76.0. The Labute approximate surface area is 756 Å². The summed E-state index contributed by atoms with van der Waals surface area (Å²) in [5.41, 5.74) is 0.256. The second kappa shape index (κ2) is 40.9. The average Bonchev–Trinajstić information content (AvgIpc) is 1.54. The van der Waals surface area contributed by atoms with Crippen LogP contribution in [0.5, 0.6) is 0 Å². The van der Waals surface area contributed by atoms with Crippen molar-refractivity contribution < 1.29 is 152 Å². The number of hydrogen-bond acceptors (Lipinski definition) is 31. The number of carbonyl (C=O) groups is 18. The summed E-state index contributed by atoms with van der Waals surface area (Å²) >= 11 is 0. The van der Waals surface area contributed by atoms with Gasteiger partial charge in [-0.3, -0.25) is 91.2 Å². The molecule has 35 heteroatoms. The van der Waals surface area contributed by atoms with Gasteiger partial charge in [0.25, 0.3) is 33.7 Å². The minimum atomic E-state index is -4.65. The quantitative estimate of drug-likeness (QED) is 0.0212. The summed E-state index contributed by atoms with van der Waals surface area (Å²) in [4.78, 5) is 228. The van der Waals surface area contributed by atoms with Crippen molar-refractivity contribution in [3.8, 4) is 0 Å². The van der Waals surface area contributed by atoms with E-state index in [0.717, 1.165) is 45.9 Å². The highest BCUT2D eigenvalue weighted by atomic mass is 32.2. The van der Waals surface area contributed by atoms with Gasteiger partial charge in [-0.1, -0.05) is 60.6 Å². The van der Waals surface area contributed by atoms with Crippen molar-refractivity contribution in [1.29, 1.82) is 0 Å². The third-order valence-corrected chi connectivity index (χ3v) is 26.8. The molecule has 0 saturated heterocycles. The van der Waals surface area contributed by atoms with Gasteiger partial charge in [-0.15, -0.1) is 0 Å². The Morgan fingerprint density at radius 2 is 0.779 bits per heavy atom. The number of rotatable bonds is 25. The molecule has 0 spiro atoms. The number of benzene rings is 4. The molecule has 0 aromatic heterocycles. The number of Topliss-reactive ketones (excluding diaryl/α,β-unsaturated/α-hetero) is 4. The first-order valence-corrected chi connectivity index (χ1v) is 45.3. The Morgan fingerprint density at radius 3 is 1.18 bits per heavy atom. The van der Waals surface area contributed by atoms with E-state index in [1.165, 1.54) is 6.92 Å². The molecule has 2 heterocycles. The number of sulfonamides is 1. The molecule has 10 aliphatic rings. The molecule has 1 N–H and O–H groups in total. The van der Waals surface area contributed by atoms with Gasteiger partial charge in [0.2, 0.25) is 0 Å². The molecule has 131 heavy (non-hydrogen) atoms. The Bertz CT molecular complexity index is 5540. The standard InChI is InChI=1S/C24H22FNO8S.C20H23NO7.C19H24O6.C19H20O6.C14H20O4/c1-4-33-22(29)24(23(30)34-5-2)11-14-10-13(3)18-19(17(14)12-24)21(28)26(20(18)27)35(31,32)16-8-6-15(25)7-9-16;1-4-27-18(25)20(19(26)28-5-2)9-12-8-11(3)14-15(13(12)10-20)17(24)21(6-7-22)16(14)23;2*1-4-24-17(22)19(18(23)25-5-2)8-11-6-10(3)15-13(20)7-14(21)16(15)12(11)9-19;1-4-7-11-8-9-14(10-11,12(15)17-5-2)13(16)18-6-3/h6-10H,4-5,11-12H2,1-3H3;8,22H,4-7,9-10H2,1-3H3;6,10,12,15-16H,4-5,7-9H2,1-3H3;6H,4-5,7-9H2,1-3H3;4,7-8H,5-6,9-10H2,1-3H3/b;;;;7-4+. The molecule has 4 unspecified atom stereocenters. The highest BCUT2D eigenvalue weighted by molar-refractivity contribution is 7.90. The maximum absolute atomic E-state index is 13.4. The molecule has 702 valence electrons. The van der Waals surface area contributed by atoms with Gasteiger partial charge in [0.1, 0.15) is 17.4 Å². The third-order valence-electron chi connectivity index (χ3n) is 25.1. The first-order chi connectivity index (χ1) is 62.1. The lowest BCUT2D eigenvalue weighted by atomic mass is 9.69. The number of allylic oxidation sites excluding steroid dienone is 6. The lowest BCUT2D eigenvalue weighted by Gasteiger charge is -2.32. The number of ether oxygens (including phenoxy) is 10. The Kier molecular flexibility index (Phi) is 31.5. The van der Waals surface area contributed by atoms with E-state index in [9.17, 15) is 104 Å². The van der Waals surface area contributed by atoms with Crippen LogP contribution in [0.2, 0.25) is 0 Å². The largest absolute Gasteiger partial charge is 0.465 e. The molecule has 0 radical (unpaired) electrons. The smallest absolute Gasteiger partial charge is 0.324 e. The average molecular weight is 1840 g/mol. The number of esters is 10. The normalized spacial score (nSPS) is 19.9. The fraction of sp³-hybridized carbons (Fsp3) is 0.500. The maximum Gasteiger partial charge on any atom is 0.324 e. The summed E-state index contributed by atoms with van der Waals surface area (Å²) in [7, 11) is -4.65. The number of aryl methyl sites for hydroxylation is 3. The zero-order chi connectivity index (χ0) is 96.6. The number of carbonyl (C=O) groups excluding carboxylic acids is 18. The van der Waals surface area contributed by atoms with Crippen molar-refractivity contribution in [2.45, 2.75) is 186 Å². The highest BCUT2D eigenvalue weighted by Gasteiger charge is 2.64. The third kappa shape index (κ3) is 18.4. The first kappa shape index (κ1) is 101. The highest BCUT2D eigenvalue weighted by Crippen LogP contribution is 2.58. The Balaban J connectivity index is 0.000000173. The summed E-state index contributed by atoms with van der Waals surface area (Å²) in [6, 6.07) is 8.82. The van der Waals surface area contributed by atoms with Crippen LogP contribution in [0.25, 0.3) is 0 Å². The Hall–Kier alpha value is -12.4. The van der Waals surface area contributed by atoms with Crippen LogP contribution in [0.4, 0.5) is 4.39 Å². The molecule has 4 atom stereocenters. The number of amides is 4. The number of fused-ring (bicyclic) bond motifs is 12. The maximum atomic E-state index is 13.4. The topological polar surface area (TPSA) is 460 Å².